The van der Waals surface area contributed by atoms with Crippen LogP contribution >= 0.6 is 0 Å². The molecule has 1 aliphatic rings. The molecule has 0 bridgehead atoms. The van der Waals surface area contributed by atoms with Crippen molar-refractivity contribution in [2.75, 3.05) is 13.1 Å². The molecule has 3 aromatic rings. The van der Waals surface area contributed by atoms with Crippen molar-refractivity contribution in [3.63, 3.8) is 0 Å². The number of benzene rings is 3. The summed E-state index contributed by atoms with van der Waals surface area (Å²) >= 11 is 0. The molecule has 1 saturated heterocycles. The quantitative estimate of drug-likeness (QED) is 0.667. The van der Waals surface area contributed by atoms with Crippen LogP contribution in [0.25, 0.3) is 11.1 Å². The number of nitrogens with one attached hydrogen (secondary N) is 1. The third-order valence-electron chi connectivity index (χ3n) is 5.53. The van der Waals surface area contributed by atoms with E-state index in [-0.39, 0.29) is 17.5 Å². The number of rotatable bonds is 4. The summed E-state index contributed by atoms with van der Waals surface area (Å²) in [6, 6.07) is 20.2. The molecule has 31 heavy (non-hydrogen) atoms. The summed E-state index contributed by atoms with van der Waals surface area (Å²) in [6.45, 7) is 0.992. The van der Waals surface area contributed by atoms with Crippen LogP contribution in [0.4, 0.5) is 8.78 Å². The summed E-state index contributed by atoms with van der Waals surface area (Å²) in [5, 5.41) is 2.78. The molecule has 4 nitrogen and oxygen atoms in total. The van der Waals surface area contributed by atoms with Crippen molar-refractivity contribution < 1.29 is 18.4 Å². The lowest BCUT2D eigenvalue weighted by Crippen LogP contribution is -2.46. The Kier molecular flexibility index (Phi) is 6.07. The van der Waals surface area contributed by atoms with Gasteiger partial charge in [-0.25, -0.2) is 8.78 Å². The first-order chi connectivity index (χ1) is 15.0. The lowest BCUT2D eigenvalue weighted by molar-refractivity contribution is 0.0698. The minimum Gasteiger partial charge on any atom is -0.349 e. The van der Waals surface area contributed by atoms with Crippen LogP contribution < -0.4 is 5.32 Å². The third-order valence-corrected chi connectivity index (χ3v) is 5.53. The smallest absolute Gasteiger partial charge is 0.254 e. The van der Waals surface area contributed by atoms with Crippen molar-refractivity contribution in [1.29, 1.82) is 0 Å². The Morgan fingerprint density at radius 1 is 0.839 bits per heavy atom. The Bertz CT molecular complexity index is 1080. The van der Waals surface area contributed by atoms with Crippen molar-refractivity contribution in [2.45, 2.75) is 18.9 Å². The Labute approximate surface area is 179 Å². The van der Waals surface area contributed by atoms with Gasteiger partial charge in [0.2, 0.25) is 0 Å². The van der Waals surface area contributed by atoms with Gasteiger partial charge in [0.15, 0.2) is 0 Å². The van der Waals surface area contributed by atoms with Crippen LogP contribution in [0, 0.1) is 11.6 Å². The normalized spacial score (nSPS) is 14.3. The minimum absolute atomic E-state index is 0.0473. The zero-order chi connectivity index (χ0) is 21.8. The molecule has 0 saturated carbocycles. The summed E-state index contributed by atoms with van der Waals surface area (Å²) in [7, 11) is 0. The molecule has 3 aromatic carbocycles. The molecule has 2 amide bonds. The maximum absolute atomic E-state index is 13.8. The van der Waals surface area contributed by atoms with Gasteiger partial charge in [0.05, 0.1) is 5.56 Å². The van der Waals surface area contributed by atoms with E-state index in [2.05, 4.69) is 5.32 Å². The second-order valence-corrected chi connectivity index (χ2v) is 7.61. The molecule has 1 fully saturated rings. The predicted octanol–water partition coefficient (Wildman–Crippen LogP) is 4.67. The van der Waals surface area contributed by atoms with Crippen molar-refractivity contribution in [1.82, 2.24) is 10.2 Å². The van der Waals surface area contributed by atoms with Gasteiger partial charge in [0.1, 0.15) is 11.6 Å². The maximum atomic E-state index is 13.8. The van der Waals surface area contributed by atoms with Gasteiger partial charge in [-0.05, 0) is 48.2 Å². The largest absolute Gasteiger partial charge is 0.349 e. The van der Waals surface area contributed by atoms with E-state index < -0.39 is 17.5 Å². The number of hydrogen-bond acceptors (Lipinski definition) is 2. The molecule has 1 heterocycles. The van der Waals surface area contributed by atoms with Gasteiger partial charge in [0.25, 0.3) is 11.8 Å². The topological polar surface area (TPSA) is 49.4 Å². The molecule has 0 spiro atoms. The Morgan fingerprint density at radius 2 is 1.48 bits per heavy atom. The first kappa shape index (κ1) is 20.7. The zero-order valence-electron chi connectivity index (χ0n) is 16.9. The minimum atomic E-state index is -0.885. The van der Waals surface area contributed by atoms with E-state index in [1.165, 1.54) is 0 Å². The summed E-state index contributed by atoms with van der Waals surface area (Å²) in [5.74, 6) is -2.23. The zero-order valence-corrected chi connectivity index (χ0v) is 16.9. The van der Waals surface area contributed by atoms with Crippen LogP contribution in [0.2, 0.25) is 0 Å². The third kappa shape index (κ3) is 4.79. The van der Waals surface area contributed by atoms with Crippen LogP contribution in [0.1, 0.15) is 33.6 Å². The monoisotopic (exact) mass is 420 g/mol. The van der Waals surface area contributed by atoms with E-state index in [1.807, 2.05) is 54.6 Å². The number of halogens is 2. The SMILES string of the molecule is O=C(NC1CCN(C(=O)c2ccc(-c3ccccc3)cc2)CC1)c1ccc(F)cc1F. The fourth-order valence-corrected chi connectivity index (χ4v) is 3.78. The molecule has 0 unspecified atom stereocenters. The van der Waals surface area contributed by atoms with Gasteiger partial charge in [-0.3, -0.25) is 9.59 Å². The fraction of sp³-hybridized carbons (Fsp3) is 0.200. The molecule has 1 aliphatic heterocycles. The van der Waals surface area contributed by atoms with Crippen LogP contribution in [0.5, 0.6) is 0 Å². The van der Waals surface area contributed by atoms with Crippen molar-refractivity contribution in [3.8, 4) is 11.1 Å². The number of amides is 2. The molecular weight excluding hydrogens is 398 g/mol. The van der Waals surface area contributed by atoms with Crippen molar-refractivity contribution in [2.24, 2.45) is 0 Å². The summed E-state index contributed by atoms with van der Waals surface area (Å²) in [4.78, 5) is 26.9. The molecule has 0 aromatic heterocycles. The highest BCUT2D eigenvalue weighted by Crippen LogP contribution is 2.21. The molecule has 0 atom stereocenters. The second-order valence-electron chi connectivity index (χ2n) is 7.61. The van der Waals surface area contributed by atoms with Gasteiger partial charge in [-0.2, -0.15) is 0 Å². The molecule has 4 rings (SSSR count). The van der Waals surface area contributed by atoms with Gasteiger partial charge in [-0.1, -0.05) is 42.5 Å². The molecule has 0 radical (unpaired) electrons. The number of nitrogens with zero attached hydrogens (tertiary/aromatic N) is 1. The number of likely N-dealkylation sites (tertiary alicyclic amines) is 1. The lowest BCUT2D eigenvalue weighted by Gasteiger charge is -2.32. The van der Waals surface area contributed by atoms with Crippen molar-refractivity contribution >= 4 is 11.8 Å². The van der Waals surface area contributed by atoms with Crippen LogP contribution in [0.15, 0.2) is 72.8 Å². The molecule has 158 valence electrons. The van der Waals surface area contributed by atoms with E-state index in [1.54, 1.807) is 4.90 Å². The Hall–Kier alpha value is -3.54. The predicted molar refractivity (Wildman–Crippen MR) is 115 cm³/mol. The number of carbonyl (C=O) groups excluding carboxylic acids is 2. The van der Waals surface area contributed by atoms with Gasteiger partial charge in [-0.15, -0.1) is 0 Å². The summed E-state index contributed by atoms with van der Waals surface area (Å²) in [6.07, 6.45) is 1.14. The molecular formula is C25H22F2N2O2. The number of hydrogen-bond donors (Lipinski definition) is 1. The molecule has 0 aliphatic carbocycles. The van der Waals surface area contributed by atoms with Crippen LogP contribution in [-0.4, -0.2) is 35.8 Å². The highest BCUT2D eigenvalue weighted by Gasteiger charge is 2.25. The number of carbonyl (C=O) groups is 2. The second kappa shape index (κ2) is 9.08. The highest BCUT2D eigenvalue weighted by atomic mass is 19.1. The van der Waals surface area contributed by atoms with Crippen molar-refractivity contribution in [3.05, 3.63) is 95.6 Å². The van der Waals surface area contributed by atoms with Gasteiger partial charge >= 0.3 is 0 Å². The Balaban J connectivity index is 1.33. The summed E-state index contributed by atoms with van der Waals surface area (Å²) in [5.41, 5.74) is 2.58. The van der Waals surface area contributed by atoms with Crippen LogP contribution in [-0.2, 0) is 0 Å². The Morgan fingerprint density at radius 3 is 2.13 bits per heavy atom. The van der Waals surface area contributed by atoms with E-state index in [9.17, 15) is 18.4 Å². The molecule has 1 N–H and O–H groups in total. The lowest BCUT2D eigenvalue weighted by atomic mass is 10.0. The molecule has 6 heteroatoms. The van der Waals surface area contributed by atoms with E-state index >= 15 is 0 Å². The average Bonchev–Trinajstić information content (AvgIpc) is 2.80. The average molecular weight is 420 g/mol. The van der Waals surface area contributed by atoms with E-state index in [0.29, 0.717) is 37.6 Å². The fourth-order valence-electron chi connectivity index (χ4n) is 3.78. The van der Waals surface area contributed by atoms with Gasteiger partial charge < -0.3 is 10.2 Å². The van der Waals surface area contributed by atoms with E-state index in [0.717, 1.165) is 23.3 Å². The standard InChI is InChI=1S/C25H22F2N2O2/c26-20-10-11-22(23(27)16-20)24(30)28-21-12-14-29(15-13-21)25(31)19-8-6-18(7-9-19)17-4-2-1-3-5-17/h1-11,16,21H,12-15H2,(H,28,30). The first-order valence-electron chi connectivity index (χ1n) is 10.2. The number of piperidine rings is 1. The van der Waals surface area contributed by atoms with Crippen LogP contribution in [0.3, 0.4) is 0 Å². The first-order valence-corrected chi connectivity index (χ1v) is 10.2. The highest BCUT2D eigenvalue weighted by molar-refractivity contribution is 5.95. The maximum Gasteiger partial charge on any atom is 0.254 e. The van der Waals surface area contributed by atoms with E-state index in [4.69, 9.17) is 0 Å². The summed E-state index contributed by atoms with van der Waals surface area (Å²) < 4.78 is 26.8. The van der Waals surface area contributed by atoms with Gasteiger partial charge in [0, 0.05) is 30.8 Å².